The standard InChI is InChI=1S/C22H20FN3O3/c1-12(2)21(28)25-18-15-4-3-9-24-19(15)20(27)17-16(18)11-26(22(17)29)10-13-5-7-14(23)8-6-13/h3-9,12,27H,10-11H2,1-2H3,(H,25,28). The van der Waals surface area contributed by atoms with E-state index in [9.17, 15) is 19.1 Å². The Balaban J connectivity index is 1.80. The molecule has 0 bridgehead atoms. The number of hydrogen-bond donors (Lipinski definition) is 2. The van der Waals surface area contributed by atoms with Crippen molar-refractivity contribution in [2.75, 3.05) is 5.32 Å². The smallest absolute Gasteiger partial charge is 0.258 e. The van der Waals surface area contributed by atoms with Gasteiger partial charge in [-0.15, -0.1) is 0 Å². The van der Waals surface area contributed by atoms with E-state index < -0.39 is 0 Å². The Bertz CT molecular complexity index is 1130. The fourth-order valence-corrected chi connectivity index (χ4v) is 3.50. The number of pyridine rings is 1. The van der Waals surface area contributed by atoms with Crippen molar-refractivity contribution in [3.05, 3.63) is 65.1 Å². The zero-order chi connectivity index (χ0) is 20.7. The normalized spacial score (nSPS) is 13.2. The summed E-state index contributed by atoms with van der Waals surface area (Å²) in [5.74, 6) is -1.33. The molecule has 3 aromatic rings. The summed E-state index contributed by atoms with van der Waals surface area (Å²) < 4.78 is 13.2. The molecule has 148 valence electrons. The van der Waals surface area contributed by atoms with Crippen LogP contribution < -0.4 is 5.32 Å². The minimum atomic E-state index is -0.352. The first-order valence-electron chi connectivity index (χ1n) is 9.34. The predicted octanol–water partition coefficient (Wildman–Crippen LogP) is 3.83. The van der Waals surface area contributed by atoms with E-state index in [0.717, 1.165) is 5.56 Å². The van der Waals surface area contributed by atoms with Gasteiger partial charge in [-0.3, -0.25) is 14.6 Å². The number of benzene rings is 2. The maximum atomic E-state index is 13.2. The van der Waals surface area contributed by atoms with Crippen LogP contribution in [0, 0.1) is 11.7 Å². The molecule has 1 aromatic heterocycles. The van der Waals surface area contributed by atoms with Gasteiger partial charge in [0.15, 0.2) is 5.75 Å². The predicted molar refractivity (Wildman–Crippen MR) is 107 cm³/mol. The van der Waals surface area contributed by atoms with Gasteiger partial charge in [-0.25, -0.2) is 4.39 Å². The van der Waals surface area contributed by atoms with E-state index in [1.165, 1.54) is 18.3 Å². The number of aromatic hydroxyl groups is 1. The summed E-state index contributed by atoms with van der Waals surface area (Å²) in [7, 11) is 0. The average molecular weight is 393 g/mol. The first-order chi connectivity index (χ1) is 13.9. The number of phenolic OH excluding ortho intramolecular Hbond substituents is 1. The first kappa shape index (κ1) is 18.9. The SMILES string of the molecule is CC(C)C(=O)Nc1c2c(c(O)c3ncccc13)C(=O)N(Cc1ccc(F)cc1)C2. The molecule has 2 heterocycles. The Morgan fingerprint density at radius 2 is 2.00 bits per heavy atom. The monoisotopic (exact) mass is 393 g/mol. The molecule has 6 nitrogen and oxygen atoms in total. The summed E-state index contributed by atoms with van der Waals surface area (Å²) in [5.41, 5.74) is 2.24. The molecule has 7 heteroatoms. The fourth-order valence-electron chi connectivity index (χ4n) is 3.50. The molecule has 4 rings (SSSR count). The van der Waals surface area contributed by atoms with Crippen LogP contribution in [0.25, 0.3) is 10.9 Å². The highest BCUT2D eigenvalue weighted by atomic mass is 19.1. The summed E-state index contributed by atoms with van der Waals surface area (Å²) in [5, 5.41) is 14.2. The van der Waals surface area contributed by atoms with E-state index in [-0.39, 0.29) is 53.5 Å². The summed E-state index contributed by atoms with van der Waals surface area (Å²) in [6, 6.07) is 9.38. The molecule has 2 amide bonds. The van der Waals surface area contributed by atoms with Crippen molar-refractivity contribution in [3.8, 4) is 5.75 Å². The van der Waals surface area contributed by atoms with Gasteiger partial charge in [-0.2, -0.15) is 0 Å². The van der Waals surface area contributed by atoms with E-state index in [0.29, 0.717) is 16.6 Å². The lowest BCUT2D eigenvalue weighted by molar-refractivity contribution is -0.118. The number of carbonyl (C=O) groups is 2. The van der Waals surface area contributed by atoms with Crippen molar-refractivity contribution < 1.29 is 19.1 Å². The summed E-state index contributed by atoms with van der Waals surface area (Å²) in [6.45, 7) is 4.04. The van der Waals surface area contributed by atoms with Crippen LogP contribution in [0.4, 0.5) is 10.1 Å². The maximum absolute atomic E-state index is 13.2. The molecule has 0 radical (unpaired) electrons. The van der Waals surface area contributed by atoms with Crippen LogP contribution in [0.2, 0.25) is 0 Å². The molecule has 0 saturated heterocycles. The van der Waals surface area contributed by atoms with Crippen LogP contribution in [-0.4, -0.2) is 26.8 Å². The Morgan fingerprint density at radius 1 is 1.28 bits per heavy atom. The van der Waals surface area contributed by atoms with Gasteiger partial charge in [-0.1, -0.05) is 26.0 Å². The van der Waals surface area contributed by atoms with Crippen LogP contribution in [0.1, 0.15) is 35.3 Å². The van der Waals surface area contributed by atoms with Gasteiger partial charge in [0, 0.05) is 36.2 Å². The minimum Gasteiger partial charge on any atom is -0.505 e. The van der Waals surface area contributed by atoms with Crippen molar-refractivity contribution >= 4 is 28.4 Å². The van der Waals surface area contributed by atoms with E-state index in [2.05, 4.69) is 10.3 Å². The van der Waals surface area contributed by atoms with Crippen LogP contribution in [-0.2, 0) is 17.9 Å². The lowest BCUT2D eigenvalue weighted by Crippen LogP contribution is -2.23. The molecule has 0 fully saturated rings. The number of nitrogens with zero attached hydrogens (tertiary/aromatic N) is 2. The molecule has 0 saturated carbocycles. The quantitative estimate of drug-likeness (QED) is 0.660. The molecule has 2 N–H and O–H groups in total. The third-order valence-corrected chi connectivity index (χ3v) is 5.05. The first-order valence-corrected chi connectivity index (χ1v) is 9.34. The van der Waals surface area contributed by atoms with Crippen molar-refractivity contribution in [3.63, 3.8) is 0 Å². The van der Waals surface area contributed by atoms with Crippen molar-refractivity contribution in [2.45, 2.75) is 26.9 Å². The molecule has 1 aliphatic heterocycles. The van der Waals surface area contributed by atoms with Gasteiger partial charge < -0.3 is 15.3 Å². The molecule has 2 aromatic carbocycles. The van der Waals surface area contributed by atoms with Crippen LogP contribution in [0.3, 0.4) is 0 Å². The van der Waals surface area contributed by atoms with Gasteiger partial charge in [0.2, 0.25) is 5.91 Å². The number of hydrogen-bond acceptors (Lipinski definition) is 4. The minimum absolute atomic E-state index is 0.150. The number of anilines is 1. The number of fused-ring (bicyclic) bond motifs is 2. The van der Waals surface area contributed by atoms with Crippen LogP contribution in [0.15, 0.2) is 42.6 Å². The van der Waals surface area contributed by atoms with Gasteiger partial charge >= 0.3 is 0 Å². The number of halogens is 1. The molecule has 29 heavy (non-hydrogen) atoms. The fraction of sp³-hybridized carbons (Fsp3) is 0.227. The molecule has 0 spiro atoms. The number of phenols is 1. The molecule has 1 aliphatic rings. The average Bonchev–Trinajstić information content (AvgIpc) is 3.03. The second-order valence-corrected chi connectivity index (χ2v) is 7.41. The number of rotatable bonds is 4. The number of amides is 2. The largest absolute Gasteiger partial charge is 0.505 e. The Labute approximate surface area is 167 Å². The van der Waals surface area contributed by atoms with Crippen molar-refractivity contribution in [1.82, 2.24) is 9.88 Å². The van der Waals surface area contributed by atoms with E-state index >= 15 is 0 Å². The van der Waals surface area contributed by atoms with Crippen LogP contribution in [0.5, 0.6) is 5.75 Å². The maximum Gasteiger partial charge on any atom is 0.258 e. The molecular weight excluding hydrogens is 373 g/mol. The zero-order valence-corrected chi connectivity index (χ0v) is 16.1. The summed E-state index contributed by atoms with van der Waals surface area (Å²) in [4.78, 5) is 31.2. The van der Waals surface area contributed by atoms with Gasteiger partial charge in [0.1, 0.15) is 11.3 Å². The molecular formula is C22H20FN3O3. The van der Waals surface area contributed by atoms with E-state index in [4.69, 9.17) is 0 Å². The lowest BCUT2D eigenvalue weighted by atomic mass is 10.0. The van der Waals surface area contributed by atoms with Crippen molar-refractivity contribution in [2.24, 2.45) is 5.92 Å². The lowest BCUT2D eigenvalue weighted by Gasteiger charge is -2.16. The Kier molecular flexibility index (Phi) is 4.66. The highest BCUT2D eigenvalue weighted by molar-refractivity contribution is 6.13. The molecule has 0 atom stereocenters. The number of aromatic nitrogens is 1. The third kappa shape index (κ3) is 3.29. The summed E-state index contributed by atoms with van der Waals surface area (Å²) in [6.07, 6.45) is 1.53. The Hall–Kier alpha value is -3.48. The second-order valence-electron chi connectivity index (χ2n) is 7.41. The molecule has 0 aliphatic carbocycles. The third-order valence-electron chi connectivity index (χ3n) is 5.05. The Morgan fingerprint density at radius 3 is 2.69 bits per heavy atom. The van der Waals surface area contributed by atoms with Gasteiger partial charge in [0.25, 0.3) is 5.91 Å². The number of nitrogens with one attached hydrogen (secondary N) is 1. The zero-order valence-electron chi connectivity index (χ0n) is 16.1. The summed E-state index contributed by atoms with van der Waals surface area (Å²) >= 11 is 0. The van der Waals surface area contributed by atoms with Gasteiger partial charge in [-0.05, 0) is 29.8 Å². The van der Waals surface area contributed by atoms with Crippen molar-refractivity contribution in [1.29, 1.82) is 0 Å². The highest BCUT2D eigenvalue weighted by Crippen LogP contribution is 2.42. The highest BCUT2D eigenvalue weighted by Gasteiger charge is 2.35. The van der Waals surface area contributed by atoms with Crippen LogP contribution >= 0.6 is 0 Å². The van der Waals surface area contributed by atoms with Gasteiger partial charge in [0.05, 0.1) is 11.3 Å². The van der Waals surface area contributed by atoms with E-state index in [1.54, 1.807) is 43.0 Å². The molecule has 0 unspecified atom stereocenters. The topological polar surface area (TPSA) is 82.5 Å². The number of carbonyl (C=O) groups excluding carboxylic acids is 2. The van der Waals surface area contributed by atoms with E-state index in [1.807, 2.05) is 0 Å². The second kappa shape index (κ2) is 7.16.